The molecule has 16 heavy (non-hydrogen) atoms. The van der Waals surface area contributed by atoms with E-state index in [1.165, 1.54) is 0 Å². The van der Waals surface area contributed by atoms with Gasteiger partial charge in [0.25, 0.3) is 0 Å². The number of nitrogens with zero attached hydrogens (tertiary/aromatic N) is 2. The molecule has 1 aromatic heterocycles. The Bertz CT molecular complexity index is 351. The second kappa shape index (κ2) is 4.98. The van der Waals surface area contributed by atoms with E-state index in [1.807, 2.05) is 13.8 Å². The Morgan fingerprint density at radius 1 is 1.44 bits per heavy atom. The third kappa shape index (κ3) is 2.96. The van der Waals surface area contributed by atoms with Crippen molar-refractivity contribution < 1.29 is 5.11 Å². The fraction of sp³-hybridized carbons (Fsp3) is 0.600. The topological polar surface area (TPSA) is 96.1 Å². The number of aliphatic hydroxyl groups is 1. The number of nitrogen functional groups attached to an aromatic ring is 1. The predicted octanol–water partition coefficient (Wildman–Crippen LogP) is 0.673. The van der Waals surface area contributed by atoms with Gasteiger partial charge in [-0.25, -0.2) is 0 Å². The lowest BCUT2D eigenvalue weighted by Gasteiger charge is -2.27. The minimum absolute atomic E-state index is 0.0301. The highest BCUT2D eigenvalue weighted by Gasteiger charge is 2.21. The summed E-state index contributed by atoms with van der Waals surface area (Å²) < 4.78 is 0. The molecule has 6 heteroatoms. The molecule has 6 nitrogen and oxygen atoms in total. The molecule has 0 saturated heterocycles. The molecule has 0 fully saturated rings. The summed E-state index contributed by atoms with van der Waals surface area (Å²) in [6.45, 7) is 3.94. The minimum atomic E-state index is -0.397. The normalized spacial score (nSPS) is 14.2. The van der Waals surface area contributed by atoms with Crippen molar-refractivity contribution in [3.63, 3.8) is 0 Å². The second-order valence-corrected chi connectivity index (χ2v) is 3.94. The van der Waals surface area contributed by atoms with E-state index in [-0.39, 0.29) is 12.6 Å². The Morgan fingerprint density at radius 3 is 2.56 bits per heavy atom. The van der Waals surface area contributed by atoms with Crippen LogP contribution in [0.4, 0.5) is 17.6 Å². The summed E-state index contributed by atoms with van der Waals surface area (Å²) in [5, 5.41) is 15.3. The zero-order valence-corrected chi connectivity index (χ0v) is 9.91. The van der Waals surface area contributed by atoms with Gasteiger partial charge in [-0.15, -0.1) is 0 Å². The van der Waals surface area contributed by atoms with Crippen LogP contribution < -0.4 is 16.4 Å². The van der Waals surface area contributed by atoms with Gasteiger partial charge in [0, 0.05) is 13.1 Å². The monoisotopic (exact) mass is 225 g/mol. The second-order valence-electron chi connectivity index (χ2n) is 3.94. The molecule has 0 radical (unpaired) electrons. The molecule has 0 aliphatic heterocycles. The van der Waals surface area contributed by atoms with Crippen molar-refractivity contribution in [2.24, 2.45) is 0 Å². The summed E-state index contributed by atoms with van der Waals surface area (Å²) >= 11 is 0. The number of hydrogen-bond acceptors (Lipinski definition) is 6. The standard InChI is InChI=1S/C10H19N5O/c1-4-10(2,6-16)15-8-5-7(12-3)13-9(11)14-8/h5,16H,4,6H2,1-3H3,(H4,11,12,13,14,15). The molecule has 0 aliphatic carbocycles. The molecule has 0 bridgehead atoms. The molecule has 5 N–H and O–H groups in total. The molecule has 1 heterocycles. The van der Waals surface area contributed by atoms with Crippen LogP contribution in [0.2, 0.25) is 0 Å². The van der Waals surface area contributed by atoms with Crippen LogP contribution in [-0.4, -0.2) is 34.3 Å². The van der Waals surface area contributed by atoms with Crippen molar-refractivity contribution in [2.45, 2.75) is 25.8 Å². The van der Waals surface area contributed by atoms with Crippen molar-refractivity contribution >= 4 is 17.6 Å². The summed E-state index contributed by atoms with van der Waals surface area (Å²) in [6.07, 6.45) is 0.780. The number of rotatable bonds is 5. The molecule has 1 rings (SSSR count). The number of hydrogen-bond donors (Lipinski definition) is 4. The van der Waals surface area contributed by atoms with Gasteiger partial charge >= 0.3 is 0 Å². The van der Waals surface area contributed by atoms with E-state index >= 15 is 0 Å². The molecule has 0 aromatic carbocycles. The molecule has 0 saturated carbocycles. The first kappa shape index (κ1) is 12.5. The van der Waals surface area contributed by atoms with Gasteiger partial charge in [0.2, 0.25) is 5.95 Å². The number of aliphatic hydroxyl groups excluding tert-OH is 1. The third-order valence-corrected chi connectivity index (χ3v) is 2.56. The maximum Gasteiger partial charge on any atom is 0.223 e. The highest BCUT2D eigenvalue weighted by molar-refractivity contribution is 5.51. The zero-order chi connectivity index (χ0) is 12.2. The molecular weight excluding hydrogens is 206 g/mol. The van der Waals surface area contributed by atoms with Crippen LogP contribution in [0, 0.1) is 0 Å². The van der Waals surface area contributed by atoms with Crippen LogP contribution in [0.15, 0.2) is 6.07 Å². The first-order valence-corrected chi connectivity index (χ1v) is 5.24. The number of anilines is 3. The van der Waals surface area contributed by atoms with Crippen LogP contribution in [0.3, 0.4) is 0 Å². The van der Waals surface area contributed by atoms with E-state index in [4.69, 9.17) is 5.73 Å². The van der Waals surface area contributed by atoms with E-state index in [9.17, 15) is 5.11 Å². The van der Waals surface area contributed by atoms with E-state index in [1.54, 1.807) is 13.1 Å². The maximum atomic E-state index is 9.29. The van der Waals surface area contributed by atoms with Gasteiger partial charge in [0.15, 0.2) is 0 Å². The minimum Gasteiger partial charge on any atom is -0.394 e. The summed E-state index contributed by atoms with van der Waals surface area (Å²) in [6, 6.07) is 1.75. The summed E-state index contributed by atoms with van der Waals surface area (Å²) in [4.78, 5) is 8.05. The third-order valence-electron chi connectivity index (χ3n) is 2.56. The van der Waals surface area contributed by atoms with Crippen molar-refractivity contribution in [3.05, 3.63) is 6.07 Å². The van der Waals surface area contributed by atoms with Gasteiger partial charge in [0.05, 0.1) is 12.1 Å². The average molecular weight is 225 g/mol. The largest absolute Gasteiger partial charge is 0.394 e. The Balaban J connectivity index is 2.92. The maximum absolute atomic E-state index is 9.29. The lowest BCUT2D eigenvalue weighted by molar-refractivity contribution is 0.218. The number of nitrogens with one attached hydrogen (secondary N) is 2. The molecule has 1 atom stereocenters. The Morgan fingerprint density at radius 2 is 2.06 bits per heavy atom. The van der Waals surface area contributed by atoms with Crippen LogP contribution in [0.1, 0.15) is 20.3 Å². The quantitative estimate of drug-likeness (QED) is 0.588. The number of aromatic nitrogens is 2. The number of nitrogens with two attached hydrogens (primary N) is 1. The highest BCUT2D eigenvalue weighted by Crippen LogP contribution is 2.19. The van der Waals surface area contributed by atoms with Crippen molar-refractivity contribution in [3.8, 4) is 0 Å². The van der Waals surface area contributed by atoms with Crippen molar-refractivity contribution in [1.82, 2.24) is 9.97 Å². The molecular formula is C10H19N5O. The van der Waals surface area contributed by atoms with Gasteiger partial charge in [-0.05, 0) is 13.3 Å². The summed E-state index contributed by atoms with van der Waals surface area (Å²) in [7, 11) is 1.76. The van der Waals surface area contributed by atoms with E-state index in [0.29, 0.717) is 11.6 Å². The first-order chi connectivity index (χ1) is 7.53. The van der Waals surface area contributed by atoms with Crippen LogP contribution in [0.5, 0.6) is 0 Å². The lowest BCUT2D eigenvalue weighted by Crippen LogP contribution is -2.38. The fourth-order valence-corrected chi connectivity index (χ4v) is 1.21. The van der Waals surface area contributed by atoms with Gasteiger partial charge in [0.1, 0.15) is 11.6 Å². The molecule has 1 aromatic rings. The molecule has 90 valence electrons. The fourth-order valence-electron chi connectivity index (χ4n) is 1.21. The van der Waals surface area contributed by atoms with Gasteiger partial charge in [-0.1, -0.05) is 6.92 Å². The van der Waals surface area contributed by atoms with E-state index in [2.05, 4.69) is 20.6 Å². The van der Waals surface area contributed by atoms with Gasteiger partial charge in [-0.3, -0.25) is 0 Å². The Hall–Kier alpha value is -1.56. The zero-order valence-electron chi connectivity index (χ0n) is 9.91. The summed E-state index contributed by atoms with van der Waals surface area (Å²) in [5.74, 6) is 1.45. The molecule has 1 unspecified atom stereocenters. The van der Waals surface area contributed by atoms with Crippen LogP contribution in [0.25, 0.3) is 0 Å². The Kier molecular flexibility index (Phi) is 3.89. The van der Waals surface area contributed by atoms with E-state index in [0.717, 1.165) is 6.42 Å². The van der Waals surface area contributed by atoms with E-state index < -0.39 is 5.54 Å². The highest BCUT2D eigenvalue weighted by atomic mass is 16.3. The first-order valence-electron chi connectivity index (χ1n) is 5.24. The van der Waals surface area contributed by atoms with Gasteiger partial charge < -0.3 is 21.5 Å². The predicted molar refractivity (Wildman–Crippen MR) is 65.4 cm³/mol. The molecule has 0 aliphatic rings. The van der Waals surface area contributed by atoms with Crippen molar-refractivity contribution in [1.29, 1.82) is 0 Å². The van der Waals surface area contributed by atoms with Crippen LogP contribution >= 0.6 is 0 Å². The Labute approximate surface area is 95.3 Å². The SMILES string of the molecule is CCC(C)(CO)Nc1cc(NC)nc(N)n1. The molecule has 0 amide bonds. The van der Waals surface area contributed by atoms with Crippen molar-refractivity contribution in [2.75, 3.05) is 30.0 Å². The summed E-state index contributed by atoms with van der Waals surface area (Å²) in [5.41, 5.74) is 5.18. The lowest BCUT2D eigenvalue weighted by atomic mass is 10.0. The average Bonchev–Trinajstić information content (AvgIpc) is 2.28. The molecule has 0 spiro atoms. The smallest absolute Gasteiger partial charge is 0.223 e. The van der Waals surface area contributed by atoms with Gasteiger partial charge in [-0.2, -0.15) is 9.97 Å². The van der Waals surface area contributed by atoms with Crippen LogP contribution in [-0.2, 0) is 0 Å².